The van der Waals surface area contributed by atoms with E-state index in [2.05, 4.69) is 11.4 Å². The summed E-state index contributed by atoms with van der Waals surface area (Å²) in [5.74, 6) is 0.125. The van der Waals surface area contributed by atoms with E-state index in [9.17, 15) is 4.79 Å². The zero-order valence-electron chi connectivity index (χ0n) is 10.6. The number of nitrogen functional groups attached to an aromatic ring is 1. The Labute approximate surface area is 112 Å². The Morgan fingerprint density at radius 1 is 1.16 bits per heavy atom. The van der Waals surface area contributed by atoms with Crippen LogP contribution in [0.4, 0.5) is 5.69 Å². The van der Waals surface area contributed by atoms with Gasteiger partial charge in [0.15, 0.2) is 0 Å². The summed E-state index contributed by atoms with van der Waals surface area (Å²) >= 11 is 0. The minimum atomic E-state index is 0.0185. The number of nitrogens with two attached hydrogens (primary N) is 1. The van der Waals surface area contributed by atoms with Crippen LogP contribution in [-0.2, 0) is 17.8 Å². The summed E-state index contributed by atoms with van der Waals surface area (Å²) in [7, 11) is 0. The summed E-state index contributed by atoms with van der Waals surface area (Å²) in [6.07, 6.45) is 0.851. The van der Waals surface area contributed by atoms with Crippen molar-refractivity contribution in [1.82, 2.24) is 5.32 Å². The van der Waals surface area contributed by atoms with Crippen LogP contribution in [-0.4, -0.2) is 5.91 Å². The molecule has 1 atom stereocenters. The second kappa shape index (κ2) is 4.76. The Balaban J connectivity index is 1.60. The number of rotatable bonds is 3. The Morgan fingerprint density at radius 2 is 1.89 bits per heavy atom. The Morgan fingerprint density at radius 3 is 2.63 bits per heavy atom. The fourth-order valence-corrected chi connectivity index (χ4v) is 2.44. The highest BCUT2D eigenvalue weighted by Crippen LogP contribution is 2.34. The summed E-state index contributed by atoms with van der Waals surface area (Å²) in [5, 5.41) is 2.98. The molecule has 0 spiro atoms. The van der Waals surface area contributed by atoms with E-state index in [1.165, 1.54) is 5.56 Å². The topological polar surface area (TPSA) is 55.1 Å². The maximum absolute atomic E-state index is 12.1. The largest absolute Gasteiger partial charge is 0.399 e. The van der Waals surface area contributed by atoms with E-state index in [-0.39, 0.29) is 11.8 Å². The van der Waals surface area contributed by atoms with Crippen LogP contribution in [0.5, 0.6) is 0 Å². The average Bonchev–Trinajstić information content (AvgIpc) is 2.39. The molecule has 3 N–H and O–H groups in total. The van der Waals surface area contributed by atoms with Gasteiger partial charge in [0.2, 0.25) is 5.91 Å². The van der Waals surface area contributed by atoms with Crippen LogP contribution in [0.2, 0.25) is 0 Å². The summed E-state index contributed by atoms with van der Waals surface area (Å²) < 4.78 is 0. The van der Waals surface area contributed by atoms with Gasteiger partial charge in [-0.05, 0) is 35.2 Å². The number of benzene rings is 2. The molecule has 2 aromatic rings. The van der Waals surface area contributed by atoms with E-state index in [1.54, 1.807) is 0 Å². The molecule has 3 nitrogen and oxygen atoms in total. The van der Waals surface area contributed by atoms with Gasteiger partial charge in [-0.15, -0.1) is 0 Å². The fraction of sp³-hybridized carbons (Fsp3) is 0.188. The number of fused-ring (bicyclic) bond motifs is 1. The molecule has 0 heterocycles. The van der Waals surface area contributed by atoms with Gasteiger partial charge in [-0.1, -0.05) is 36.4 Å². The molecule has 2 aromatic carbocycles. The highest BCUT2D eigenvalue weighted by molar-refractivity contribution is 5.86. The predicted octanol–water partition coefficient (Wildman–Crippen LogP) is 2.22. The number of nitrogens with one attached hydrogen (secondary N) is 1. The SMILES string of the molecule is Nc1ccc(CNC(=O)C2Cc3ccccc32)cc1. The van der Waals surface area contributed by atoms with Crippen molar-refractivity contribution in [2.45, 2.75) is 18.9 Å². The molecular formula is C16H16N2O. The normalized spacial score (nSPS) is 16.3. The molecule has 1 aliphatic carbocycles. The first-order chi connectivity index (χ1) is 9.24. The highest BCUT2D eigenvalue weighted by atomic mass is 16.1. The van der Waals surface area contributed by atoms with Gasteiger partial charge in [0.1, 0.15) is 0 Å². The van der Waals surface area contributed by atoms with E-state index in [0.717, 1.165) is 23.2 Å². The van der Waals surface area contributed by atoms with Crippen molar-refractivity contribution >= 4 is 11.6 Å². The minimum Gasteiger partial charge on any atom is -0.399 e. The second-order valence-corrected chi connectivity index (χ2v) is 4.91. The lowest BCUT2D eigenvalue weighted by Crippen LogP contribution is -2.35. The number of anilines is 1. The third-order valence-corrected chi connectivity index (χ3v) is 3.62. The summed E-state index contributed by atoms with van der Waals surface area (Å²) in [6, 6.07) is 15.7. The number of hydrogen-bond donors (Lipinski definition) is 2. The van der Waals surface area contributed by atoms with E-state index in [1.807, 2.05) is 42.5 Å². The zero-order valence-corrected chi connectivity index (χ0v) is 10.6. The predicted molar refractivity (Wildman–Crippen MR) is 75.6 cm³/mol. The van der Waals surface area contributed by atoms with Crippen LogP contribution < -0.4 is 11.1 Å². The molecular weight excluding hydrogens is 236 g/mol. The Bertz CT molecular complexity index is 604. The molecule has 0 saturated heterocycles. The quantitative estimate of drug-likeness (QED) is 0.823. The average molecular weight is 252 g/mol. The molecule has 0 saturated carbocycles. The lowest BCUT2D eigenvalue weighted by molar-refractivity contribution is -0.123. The fourth-order valence-electron chi connectivity index (χ4n) is 2.44. The Hall–Kier alpha value is -2.29. The molecule has 3 heteroatoms. The maximum Gasteiger partial charge on any atom is 0.228 e. The van der Waals surface area contributed by atoms with Crippen LogP contribution in [0.25, 0.3) is 0 Å². The van der Waals surface area contributed by atoms with Gasteiger partial charge in [-0.2, -0.15) is 0 Å². The molecule has 0 aliphatic heterocycles. The zero-order chi connectivity index (χ0) is 13.2. The van der Waals surface area contributed by atoms with E-state index in [0.29, 0.717) is 6.54 Å². The standard InChI is InChI=1S/C16H16N2O/c17-13-7-5-11(6-8-13)10-18-16(19)15-9-12-3-1-2-4-14(12)15/h1-8,15H,9-10,17H2,(H,18,19). The van der Waals surface area contributed by atoms with Crippen LogP contribution in [0, 0.1) is 0 Å². The van der Waals surface area contributed by atoms with Crippen molar-refractivity contribution in [3.05, 3.63) is 65.2 Å². The van der Waals surface area contributed by atoms with Crippen molar-refractivity contribution in [1.29, 1.82) is 0 Å². The second-order valence-electron chi connectivity index (χ2n) is 4.91. The molecule has 0 fully saturated rings. The van der Waals surface area contributed by atoms with Gasteiger partial charge in [0.25, 0.3) is 0 Å². The van der Waals surface area contributed by atoms with Crippen LogP contribution in [0.15, 0.2) is 48.5 Å². The van der Waals surface area contributed by atoms with E-state index in [4.69, 9.17) is 5.73 Å². The summed E-state index contributed by atoms with van der Waals surface area (Å²) in [6.45, 7) is 0.553. The van der Waals surface area contributed by atoms with Gasteiger partial charge in [0.05, 0.1) is 5.92 Å². The van der Waals surface area contributed by atoms with Gasteiger partial charge >= 0.3 is 0 Å². The van der Waals surface area contributed by atoms with Gasteiger partial charge < -0.3 is 11.1 Å². The molecule has 1 aliphatic rings. The van der Waals surface area contributed by atoms with Crippen molar-refractivity contribution in [2.75, 3.05) is 5.73 Å². The smallest absolute Gasteiger partial charge is 0.228 e. The van der Waals surface area contributed by atoms with Crippen molar-refractivity contribution in [3.63, 3.8) is 0 Å². The maximum atomic E-state index is 12.1. The molecule has 3 rings (SSSR count). The van der Waals surface area contributed by atoms with Crippen LogP contribution >= 0.6 is 0 Å². The lowest BCUT2D eigenvalue weighted by atomic mass is 9.77. The monoisotopic (exact) mass is 252 g/mol. The number of carbonyl (C=O) groups excluding carboxylic acids is 1. The molecule has 19 heavy (non-hydrogen) atoms. The van der Waals surface area contributed by atoms with E-state index < -0.39 is 0 Å². The minimum absolute atomic E-state index is 0.0185. The lowest BCUT2D eigenvalue weighted by Gasteiger charge is -2.28. The van der Waals surface area contributed by atoms with E-state index >= 15 is 0 Å². The van der Waals surface area contributed by atoms with Crippen molar-refractivity contribution in [3.8, 4) is 0 Å². The molecule has 0 radical (unpaired) electrons. The number of hydrogen-bond acceptors (Lipinski definition) is 2. The van der Waals surface area contributed by atoms with Gasteiger partial charge in [0, 0.05) is 12.2 Å². The van der Waals surface area contributed by atoms with Gasteiger partial charge in [-0.3, -0.25) is 4.79 Å². The van der Waals surface area contributed by atoms with Crippen molar-refractivity contribution in [2.24, 2.45) is 0 Å². The first-order valence-corrected chi connectivity index (χ1v) is 6.44. The van der Waals surface area contributed by atoms with Crippen LogP contribution in [0.1, 0.15) is 22.6 Å². The third-order valence-electron chi connectivity index (χ3n) is 3.62. The van der Waals surface area contributed by atoms with Gasteiger partial charge in [-0.25, -0.2) is 0 Å². The number of carbonyl (C=O) groups is 1. The first-order valence-electron chi connectivity index (χ1n) is 6.44. The molecule has 1 unspecified atom stereocenters. The summed E-state index contributed by atoms with van der Waals surface area (Å²) in [5.41, 5.74) is 9.88. The van der Waals surface area contributed by atoms with Crippen molar-refractivity contribution < 1.29 is 4.79 Å². The number of amides is 1. The summed E-state index contributed by atoms with van der Waals surface area (Å²) in [4.78, 5) is 12.1. The van der Waals surface area contributed by atoms with Crippen LogP contribution in [0.3, 0.4) is 0 Å². The molecule has 96 valence electrons. The molecule has 1 amide bonds. The molecule has 0 bridgehead atoms. The first kappa shape index (κ1) is 11.8. The highest BCUT2D eigenvalue weighted by Gasteiger charge is 2.31. The molecule has 0 aromatic heterocycles. The Kier molecular flexibility index (Phi) is 2.95. The third kappa shape index (κ3) is 2.32.